The smallest absolute Gasteiger partial charge is 0.0389 e. The van der Waals surface area contributed by atoms with E-state index < -0.39 is 0 Å². The Balaban J connectivity index is 0. The molecule has 0 amide bonds. The highest BCUT2D eigenvalue weighted by atomic mass is 14.3. The molecule has 0 bridgehead atoms. The van der Waals surface area contributed by atoms with Crippen molar-refractivity contribution in [3.8, 4) is 0 Å². The fourth-order valence-electron chi connectivity index (χ4n) is 2.22. The monoisotopic (exact) mass is 200 g/mol. The Morgan fingerprint density at radius 2 is 1.43 bits per heavy atom. The third-order valence-electron chi connectivity index (χ3n) is 3.15. The highest BCUT2D eigenvalue weighted by Gasteiger charge is 2.23. The van der Waals surface area contributed by atoms with E-state index in [0.29, 0.717) is 0 Å². The van der Waals surface area contributed by atoms with Crippen LogP contribution in [0.15, 0.2) is 0 Å². The molecule has 0 aromatic rings. The van der Waals surface area contributed by atoms with Gasteiger partial charge in [0, 0.05) is 0 Å². The van der Waals surface area contributed by atoms with Crippen molar-refractivity contribution in [1.29, 1.82) is 0 Å². The minimum atomic E-state index is 1.00. The van der Waals surface area contributed by atoms with E-state index in [1.54, 1.807) is 0 Å². The third-order valence-corrected chi connectivity index (χ3v) is 3.15. The summed E-state index contributed by atoms with van der Waals surface area (Å²) in [6.45, 7) is 15.1. The van der Waals surface area contributed by atoms with Crippen molar-refractivity contribution in [1.82, 2.24) is 0 Å². The molecule has 0 aliphatic heterocycles. The molecule has 0 N–H and O–H groups in total. The second-order valence-corrected chi connectivity index (χ2v) is 4.06. The second-order valence-electron chi connectivity index (χ2n) is 4.06. The molecule has 0 saturated heterocycles. The van der Waals surface area contributed by atoms with Gasteiger partial charge in [0.1, 0.15) is 0 Å². The Bertz CT molecular complexity index is 96.2. The first kappa shape index (κ1) is 16.4. The van der Waals surface area contributed by atoms with Crippen LogP contribution in [0.4, 0.5) is 0 Å². The van der Waals surface area contributed by atoms with Gasteiger partial charge in [0.05, 0.1) is 0 Å². The zero-order chi connectivity index (χ0) is 11.6. The molecule has 3 atom stereocenters. The normalized spacial score (nSPS) is 30.6. The first-order chi connectivity index (χ1) is 6.74. The zero-order valence-corrected chi connectivity index (χ0v) is 11.6. The Hall–Kier alpha value is 0. The summed E-state index contributed by atoms with van der Waals surface area (Å²) in [5, 5.41) is 0. The summed E-state index contributed by atoms with van der Waals surface area (Å²) < 4.78 is 0. The van der Waals surface area contributed by atoms with Crippen LogP contribution < -0.4 is 0 Å². The molecule has 0 spiro atoms. The molecule has 14 heavy (non-hydrogen) atoms. The molecule has 0 radical (unpaired) electrons. The van der Waals surface area contributed by atoms with Crippen LogP contribution in [0.1, 0.15) is 74.1 Å². The van der Waals surface area contributed by atoms with Crippen molar-refractivity contribution >= 4 is 0 Å². The lowest BCUT2D eigenvalue weighted by Crippen LogP contribution is -2.20. The van der Waals surface area contributed by atoms with E-state index in [1.165, 1.54) is 25.7 Å². The highest BCUT2D eigenvalue weighted by Crippen LogP contribution is 2.34. The van der Waals surface area contributed by atoms with Crippen LogP contribution in [0, 0.1) is 17.8 Å². The topological polar surface area (TPSA) is 0 Å². The Kier molecular flexibility index (Phi) is 13.0. The van der Waals surface area contributed by atoms with E-state index in [-0.39, 0.29) is 0 Å². The van der Waals surface area contributed by atoms with E-state index in [1.807, 2.05) is 27.7 Å². The minimum Gasteiger partial charge on any atom is -0.0683 e. The van der Waals surface area contributed by atoms with Gasteiger partial charge in [-0.1, -0.05) is 67.7 Å². The molecule has 3 unspecified atom stereocenters. The fourth-order valence-corrected chi connectivity index (χ4v) is 2.22. The molecule has 1 aliphatic carbocycles. The summed E-state index contributed by atoms with van der Waals surface area (Å²) in [4.78, 5) is 0. The second kappa shape index (κ2) is 11.1. The molecule has 1 aliphatic rings. The lowest BCUT2D eigenvalue weighted by Gasteiger charge is -2.31. The first-order valence-corrected chi connectivity index (χ1v) is 6.74. The summed E-state index contributed by atoms with van der Waals surface area (Å²) in [6.07, 6.45) is 5.82. The van der Waals surface area contributed by atoms with E-state index in [4.69, 9.17) is 0 Å². The molecular weight excluding hydrogens is 168 g/mol. The van der Waals surface area contributed by atoms with Crippen molar-refractivity contribution in [3.63, 3.8) is 0 Å². The van der Waals surface area contributed by atoms with E-state index in [9.17, 15) is 0 Å². The lowest BCUT2D eigenvalue weighted by molar-refractivity contribution is 0.198. The van der Waals surface area contributed by atoms with Gasteiger partial charge in [0.25, 0.3) is 0 Å². The maximum atomic E-state index is 2.42. The molecule has 88 valence electrons. The average Bonchev–Trinajstić information content (AvgIpc) is 2.27. The molecule has 0 aromatic heterocycles. The fraction of sp³-hybridized carbons (Fsp3) is 1.00. The van der Waals surface area contributed by atoms with E-state index in [2.05, 4.69) is 20.8 Å². The van der Waals surface area contributed by atoms with Gasteiger partial charge in [-0.3, -0.25) is 0 Å². The van der Waals surface area contributed by atoms with Crippen LogP contribution in [0.25, 0.3) is 0 Å². The predicted octanol–water partition coefficient (Wildman–Crippen LogP) is 5.52. The van der Waals surface area contributed by atoms with Crippen LogP contribution in [0.5, 0.6) is 0 Å². The number of rotatable bonds is 1. The van der Waals surface area contributed by atoms with Crippen LogP contribution in [-0.4, -0.2) is 0 Å². The maximum Gasteiger partial charge on any atom is -0.0389 e. The predicted molar refractivity (Wildman–Crippen MR) is 68.7 cm³/mol. The van der Waals surface area contributed by atoms with Gasteiger partial charge in [-0.05, 0) is 24.2 Å². The van der Waals surface area contributed by atoms with Crippen molar-refractivity contribution in [2.75, 3.05) is 0 Å². The summed E-state index contributed by atoms with van der Waals surface area (Å²) in [5.74, 6) is 3.03. The SMILES string of the molecule is CC.CC.CCC1CC(C)CCC1C. The Morgan fingerprint density at radius 1 is 0.929 bits per heavy atom. The maximum absolute atomic E-state index is 2.42. The molecule has 1 rings (SSSR count). The van der Waals surface area contributed by atoms with Crippen molar-refractivity contribution in [2.24, 2.45) is 17.8 Å². The van der Waals surface area contributed by atoms with E-state index in [0.717, 1.165) is 17.8 Å². The summed E-state index contributed by atoms with van der Waals surface area (Å²) >= 11 is 0. The summed E-state index contributed by atoms with van der Waals surface area (Å²) in [6, 6.07) is 0. The zero-order valence-electron chi connectivity index (χ0n) is 11.6. The van der Waals surface area contributed by atoms with E-state index >= 15 is 0 Å². The van der Waals surface area contributed by atoms with Crippen LogP contribution in [0.2, 0.25) is 0 Å². The average molecular weight is 200 g/mol. The summed E-state index contributed by atoms with van der Waals surface area (Å²) in [5.41, 5.74) is 0. The molecule has 0 nitrogen and oxygen atoms in total. The number of hydrogen-bond acceptors (Lipinski definition) is 0. The molecule has 1 fully saturated rings. The van der Waals surface area contributed by atoms with Gasteiger partial charge in [-0.25, -0.2) is 0 Å². The quantitative estimate of drug-likeness (QED) is 0.523. The Morgan fingerprint density at radius 3 is 1.79 bits per heavy atom. The lowest BCUT2D eigenvalue weighted by atomic mass is 9.74. The van der Waals surface area contributed by atoms with Crippen LogP contribution in [-0.2, 0) is 0 Å². The van der Waals surface area contributed by atoms with Crippen LogP contribution in [0.3, 0.4) is 0 Å². The van der Waals surface area contributed by atoms with Gasteiger partial charge < -0.3 is 0 Å². The minimum absolute atomic E-state index is 1.00. The molecule has 0 heteroatoms. The van der Waals surface area contributed by atoms with Gasteiger partial charge >= 0.3 is 0 Å². The Labute approximate surface area is 92.5 Å². The first-order valence-electron chi connectivity index (χ1n) is 6.74. The molecule has 0 heterocycles. The summed E-state index contributed by atoms with van der Waals surface area (Å²) in [7, 11) is 0. The third kappa shape index (κ3) is 6.45. The van der Waals surface area contributed by atoms with Gasteiger partial charge in [0.2, 0.25) is 0 Å². The largest absolute Gasteiger partial charge is 0.0683 e. The van der Waals surface area contributed by atoms with Crippen LogP contribution >= 0.6 is 0 Å². The van der Waals surface area contributed by atoms with Gasteiger partial charge in [-0.2, -0.15) is 0 Å². The van der Waals surface area contributed by atoms with Crippen molar-refractivity contribution in [2.45, 2.75) is 74.1 Å². The molecular formula is C14H32. The standard InChI is InChI=1S/C10H20.2C2H6/c1-4-10-7-8(2)5-6-9(10)3;2*1-2/h8-10H,4-7H2,1-3H3;2*1-2H3. The molecule has 1 saturated carbocycles. The van der Waals surface area contributed by atoms with Crippen molar-refractivity contribution in [3.05, 3.63) is 0 Å². The van der Waals surface area contributed by atoms with Crippen molar-refractivity contribution < 1.29 is 0 Å². The number of hydrogen-bond donors (Lipinski definition) is 0. The molecule has 0 aromatic carbocycles. The highest BCUT2D eigenvalue weighted by molar-refractivity contribution is 4.74. The van der Waals surface area contributed by atoms with Gasteiger partial charge in [-0.15, -0.1) is 0 Å². The van der Waals surface area contributed by atoms with Gasteiger partial charge in [0.15, 0.2) is 0 Å².